The molecule has 0 amide bonds. The number of nitrogens with zero attached hydrogens (tertiary/aromatic N) is 1. The Labute approximate surface area is 132 Å². The smallest absolute Gasteiger partial charge is 0.146 e. The molecular formula is C17H26ClFN2. The Bertz CT molecular complexity index is 478. The van der Waals surface area contributed by atoms with Gasteiger partial charge < -0.3 is 10.2 Å². The van der Waals surface area contributed by atoms with Crippen LogP contribution in [0.4, 0.5) is 4.39 Å². The summed E-state index contributed by atoms with van der Waals surface area (Å²) in [6.07, 6.45) is 4.99. The molecule has 1 saturated carbocycles. The quantitative estimate of drug-likeness (QED) is 0.881. The summed E-state index contributed by atoms with van der Waals surface area (Å²) in [4.78, 5) is 2.34. The summed E-state index contributed by atoms with van der Waals surface area (Å²) in [7, 11) is 4.30. The highest BCUT2D eigenvalue weighted by molar-refractivity contribution is 6.30. The van der Waals surface area contributed by atoms with Crippen molar-refractivity contribution in [1.29, 1.82) is 0 Å². The number of rotatable bonds is 5. The zero-order valence-electron chi connectivity index (χ0n) is 13.3. The minimum Gasteiger partial charge on any atom is -0.311 e. The number of benzene rings is 1. The first-order valence-electron chi connectivity index (χ1n) is 7.76. The predicted octanol–water partition coefficient (Wildman–Crippen LogP) is 4.08. The van der Waals surface area contributed by atoms with E-state index in [4.69, 9.17) is 11.6 Å². The second-order valence-electron chi connectivity index (χ2n) is 6.64. The molecule has 1 aromatic carbocycles. The highest BCUT2D eigenvalue weighted by Crippen LogP contribution is 2.35. The molecule has 0 aromatic heterocycles. The van der Waals surface area contributed by atoms with E-state index in [1.807, 2.05) is 0 Å². The Morgan fingerprint density at radius 3 is 2.86 bits per heavy atom. The van der Waals surface area contributed by atoms with Crippen LogP contribution in [0.3, 0.4) is 0 Å². The van der Waals surface area contributed by atoms with E-state index in [1.54, 1.807) is 18.2 Å². The van der Waals surface area contributed by atoms with Crippen LogP contribution in [0.2, 0.25) is 5.02 Å². The molecule has 0 spiro atoms. The van der Waals surface area contributed by atoms with Gasteiger partial charge in [-0.3, -0.25) is 0 Å². The molecule has 0 saturated heterocycles. The van der Waals surface area contributed by atoms with E-state index >= 15 is 0 Å². The Hall–Kier alpha value is -0.640. The maximum Gasteiger partial charge on any atom is 0.146 e. The van der Waals surface area contributed by atoms with Crippen LogP contribution in [0.15, 0.2) is 18.2 Å². The van der Waals surface area contributed by atoms with Gasteiger partial charge in [0.15, 0.2) is 0 Å². The van der Waals surface area contributed by atoms with Crippen LogP contribution < -0.4 is 5.32 Å². The Balaban J connectivity index is 1.98. The van der Waals surface area contributed by atoms with E-state index in [0.717, 1.165) is 12.5 Å². The first kappa shape index (κ1) is 16.7. The molecule has 0 bridgehead atoms. The summed E-state index contributed by atoms with van der Waals surface area (Å²) in [6, 6.07) is 5.18. The molecule has 1 fully saturated rings. The van der Waals surface area contributed by atoms with Crippen LogP contribution in [0.25, 0.3) is 0 Å². The lowest BCUT2D eigenvalue weighted by atomic mass is 9.75. The summed E-state index contributed by atoms with van der Waals surface area (Å²) in [5, 5.41) is 3.64. The van der Waals surface area contributed by atoms with E-state index in [1.165, 1.54) is 25.7 Å². The van der Waals surface area contributed by atoms with Crippen molar-refractivity contribution >= 4 is 11.6 Å². The molecule has 0 radical (unpaired) electrons. The number of halogens is 2. The molecule has 2 nitrogen and oxygen atoms in total. The zero-order chi connectivity index (χ0) is 15.5. The fourth-order valence-electron chi connectivity index (χ4n) is 3.47. The van der Waals surface area contributed by atoms with E-state index in [-0.39, 0.29) is 16.4 Å². The summed E-state index contributed by atoms with van der Waals surface area (Å²) in [5.74, 6) is 0.452. The minimum atomic E-state index is -0.303. The molecule has 0 aliphatic heterocycles. The highest BCUT2D eigenvalue weighted by Gasteiger charge is 2.36. The van der Waals surface area contributed by atoms with Crippen LogP contribution in [-0.4, -0.2) is 31.1 Å². The molecule has 4 heteroatoms. The van der Waals surface area contributed by atoms with Gasteiger partial charge in [-0.2, -0.15) is 0 Å². The molecule has 2 unspecified atom stereocenters. The molecule has 1 aromatic rings. The largest absolute Gasteiger partial charge is 0.311 e. The van der Waals surface area contributed by atoms with Crippen molar-refractivity contribution < 1.29 is 4.39 Å². The van der Waals surface area contributed by atoms with E-state index < -0.39 is 0 Å². The lowest BCUT2D eigenvalue weighted by Gasteiger charge is -2.45. The maximum atomic E-state index is 13.9. The van der Waals surface area contributed by atoms with E-state index in [9.17, 15) is 4.39 Å². The summed E-state index contributed by atoms with van der Waals surface area (Å²) >= 11 is 5.83. The van der Waals surface area contributed by atoms with Crippen LogP contribution in [-0.2, 0) is 6.54 Å². The van der Waals surface area contributed by atoms with Crippen LogP contribution >= 0.6 is 11.6 Å². The van der Waals surface area contributed by atoms with Crippen LogP contribution in [0.1, 0.15) is 38.2 Å². The fourth-order valence-corrected chi connectivity index (χ4v) is 3.67. The Kier molecular flexibility index (Phi) is 5.64. The van der Waals surface area contributed by atoms with Crippen molar-refractivity contribution in [2.75, 3.05) is 20.6 Å². The Morgan fingerprint density at radius 2 is 2.19 bits per heavy atom. The SMILES string of the molecule is CC1CCCC(CNCc2cccc(Cl)c2F)(N(C)C)C1. The summed E-state index contributed by atoms with van der Waals surface area (Å²) in [5.41, 5.74) is 0.826. The fraction of sp³-hybridized carbons (Fsp3) is 0.647. The summed E-state index contributed by atoms with van der Waals surface area (Å²) < 4.78 is 13.9. The molecule has 2 atom stereocenters. The van der Waals surface area contributed by atoms with Crippen molar-refractivity contribution in [3.63, 3.8) is 0 Å². The van der Waals surface area contributed by atoms with Gasteiger partial charge in [-0.15, -0.1) is 0 Å². The molecule has 1 N–H and O–H groups in total. The minimum absolute atomic E-state index is 0.187. The van der Waals surface area contributed by atoms with Crippen molar-refractivity contribution in [2.45, 2.75) is 44.7 Å². The van der Waals surface area contributed by atoms with E-state index in [2.05, 4.69) is 31.2 Å². The monoisotopic (exact) mass is 312 g/mol. The second kappa shape index (κ2) is 7.08. The third-order valence-electron chi connectivity index (χ3n) is 4.82. The number of nitrogens with one attached hydrogen (secondary N) is 1. The normalized spacial score (nSPS) is 26.3. The van der Waals surface area contributed by atoms with Gasteiger partial charge in [0.1, 0.15) is 5.82 Å². The first-order valence-corrected chi connectivity index (χ1v) is 8.13. The molecule has 2 rings (SSSR count). The predicted molar refractivity (Wildman–Crippen MR) is 87.2 cm³/mol. The van der Waals surface area contributed by atoms with Crippen LogP contribution in [0, 0.1) is 11.7 Å². The number of likely N-dealkylation sites (N-methyl/N-ethyl adjacent to an activating group) is 1. The number of hydrogen-bond donors (Lipinski definition) is 1. The van der Waals surface area contributed by atoms with Crippen molar-refractivity contribution in [3.8, 4) is 0 Å². The average molecular weight is 313 g/mol. The zero-order valence-corrected chi connectivity index (χ0v) is 14.0. The standard InChI is InChI=1S/C17H26ClFN2/c1-13-6-5-9-17(10-13,21(2)3)12-20-11-14-7-4-8-15(18)16(14)19/h4,7-8,13,20H,5-6,9-12H2,1-3H3. The van der Waals surface area contributed by atoms with Crippen LogP contribution in [0.5, 0.6) is 0 Å². The molecular weight excluding hydrogens is 287 g/mol. The molecule has 118 valence electrons. The molecule has 0 heterocycles. The average Bonchev–Trinajstić information content (AvgIpc) is 2.43. The van der Waals surface area contributed by atoms with Crippen molar-refractivity contribution in [3.05, 3.63) is 34.6 Å². The van der Waals surface area contributed by atoms with E-state index in [0.29, 0.717) is 12.1 Å². The van der Waals surface area contributed by atoms with Crippen molar-refractivity contribution in [1.82, 2.24) is 10.2 Å². The lowest BCUT2D eigenvalue weighted by Crippen LogP contribution is -2.54. The number of hydrogen-bond acceptors (Lipinski definition) is 2. The third kappa shape index (κ3) is 3.97. The maximum absolute atomic E-state index is 13.9. The highest BCUT2D eigenvalue weighted by atomic mass is 35.5. The molecule has 1 aliphatic carbocycles. The topological polar surface area (TPSA) is 15.3 Å². The van der Waals surface area contributed by atoms with Gasteiger partial charge in [0.2, 0.25) is 0 Å². The van der Waals surface area contributed by atoms with Crippen molar-refractivity contribution in [2.24, 2.45) is 5.92 Å². The van der Waals surface area contributed by atoms with Gasteiger partial charge >= 0.3 is 0 Å². The molecule has 21 heavy (non-hydrogen) atoms. The van der Waals surface area contributed by atoms with Gasteiger partial charge in [0.25, 0.3) is 0 Å². The van der Waals surface area contributed by atoms with Gasteiger partial charge in [-0.25, -0.2) is 4.39 Å². The van der Waals surface area contributed by atoms with Gasteiger partial charge in [-0.05, 0) is 38.9 Å². The van der Waals surface area contributed by atoms with Gasteiger partial charge in [0, 0.05) is 24.2 Å². The van der Waals surface area contributed by atoms with Gasteiger partial charge in [0.05, 0.1) is 5.02 Å². The summed E-state index contributed by atoms with van der Waals surface area (Å²) in [6.45, 7) is 3.74. The second-order valence-corrected chi connectivity index (χ2v) is 7.04. The van der Waals surface area contributed by atoms with Gasteiger partial charge in [-0.1, -0.05) is 43.5 Å². The lowest BCUT2D eigenvalue weighted by molar-refractivity contribution is 0.0749. The third-order valence-corrected chi connectivity index (χ3v) is 5.11. The molecule has 1 aliphatic rings. The Morgan fingerprint density at radius 1 is 1.43 bits per heavy atom. The first-order chi connectivity index (χ1) is 9.94.